The first-order valence-corrected chi connectivity index (χ1v) is 4.62. The molecule has 0 heterocycles. The maximum atomic E-state index is 2.33. The molecule has 0 heteroatoms. The van der Waals surface area contributed by atoms with Crippen molar-refractivity contribution in [2.75, 3.05) is 0 Å². The van der Waals surface area contributed by atoms with Crippen molar-refractivity contribution in [2.45, 2.75) is 39.0 Å². The lowest BCUT2D eigenvalue weighted by Crippen LogP contribution is -1.85. The summed E-state index contributed by atoms with van der Waals surface area (Å²) in [5, 5.41) is 0. The highest BCUT2D eigenvalue weighted by atomic mass is 14.0. The number of rotatable bonds is 4. The molecule has 1 aliphatic carbocycles. The van der Waals surface area contributed by atoms with Crippen LogP contribution in [-0.2, 0) is 0 Å². The van der Waals surface area contributed by atoms with E-state index < -0.39 is 0 Å². The predicted molar refractivity (Wildman–Crippen MR) is 50.3 cm³/mol. The minimum absolute atomic E-state index is 1.14. The standard InChI is InChI=1S/C11H17/c1-2-3-5-8-11-9-6-4-7-10-11/h4,6,9-10H,2-3,5,7-8H2,1H3. The van der Waals surface area contributed by atoms with Gasteiger partial charge in [-0.3, -0.25) is 0 Å². The van der Waals surface area contributed by atoms with Crippen LogP contribution in [0.25, 0.3) is 0 Å². The normalized spacial score (nSPS) is 16.6. The van der Waals surface area contributed by atoms with Crippen LogP contribution in [0.3, 0.4) is 0 Å². The van der Waals surface area contributed by atoms with E-state index >= 15 is 0 Å². The molecule has 0 unspecified atom stereocenters. The molecule has 0 nitrogen and oxygen atoms in total. The predicted octanol–water partition coefficient (Wildman–Crippen LogP) is 3.66. The van der Waals surface area contributed by atoms with Gasteiger partial charge in [-0.05, 0) is 25.7 Å². The Bertz CT molecular complexity index is 151. The molecule has 0 spiro atoms. The van der Waals surface area contributed by atoms with Crippen molar-refractivity contribution in [3.8, 4) is 0 Å². The number of hydrogen-bond donors (Lipinski definition) is 0. The van der Waals surface area contributed by atoms with E-state index in [2.05, 4.69) is 31.6 Å². The lowest BCUT2D eigenvalue weighted by molar-refractivity contribution is 0.717. The van der Waals surface area contributed by atoms with Gasteiger partial charge in [-0.2, -0.15) is 0 Å². The molecule has 0 aromatic rings. The maximum absolute atomic E-state index is 2.33. The minimum Gasteiger partial charge on any atom is -0.0807 e. The zero-order valence-electron chi connectivity index (χ0n) is 7.34. The average molecular weight is 149 g/mol. The molecule has 0 fully saturated rings. The summed E-state index contributed by atoms with van der Waals surface area (Å²) in [7, 11) is 0. The van der Waals surface area contributed by atoms with Crippen LogP contribution in [0.15, 0.2) is 23.8 Å². The first-order chi connectivity index (χ1) is 5.43. The van der Waals surface area contributed by atoms with Crippen LogP contribution in [0.1, 0.15) is 39.0 Å². The van der Waals surface area contributed by atoms with Crippen LogP contribution in [0.2, 0.25) is 0 Å². The molecule has 0 N–H and O–H groups in total. The van der Waals surface area contributed by atoms with Crippen molar-refractivity contribution in [2.24, 2.45) is 0 Å². The second kappa shape index (κ2) is 5.17. The van der Waals surface area contributed by atoms with Crippen molar-refractivity contribution in [3.63, 3.8) is 0 Å². The third-order valence-electron chi connectivity index (χ3n) is 2.03. The quantitative estimate of drug-likeness (QED) is 0.535. The van der Waals surface area contributed by atoms with E-state index in [0.717, 1.165) is 6.42 Å². The Morgan fingerprint density at radius 2 is 2.27 bits per heavy atom. The molecule has 0 amide bonds. The molecule has 0 saturated carbocycles. The van der Waals surface area contributed by atoms with E-state index in [1.165, 1.54) is 31.3 Å². The van der Waals surface area contributed by atoms with Crippen LogP contribution in [-0.4, -0.2) is 0 Å². The molecule has 0 bridgehead atoms. The second-order valence-corrected chi connectivity index (χ2v) is 3.07. The largest absolute Gasteiger partial charge is 0.0807 e. The highest BCUT2D eigenvalue weighted by Gasteiger charge is 1.96. The fourth-order valence-corrected chi connectivity index (χ4v) is 1.32. The molecule has 61 valence electrons. The van der Waals surface area contributed by atoms with Crippen LogP contribution in [0.5, 0.6) is 0 Å². The molecule has 11 heavy (non-hydrogen) atoms. The van der Waals surface area contributed by atoms with Crippen molar-refractivity contribution >= 4 is 0 Å². The van der Waals surface area contributed by atoms with Crippen LogP contribution in [0.4, 0.5) is 0 Å². The third-order valence-corrected chi connectivity index (χ3v) is 2.03. The first kappa shape index (κ1) is 8.58. The van der Waals surface area contributed by atoms with Gasteiger partial charge < -0.3 is 0 Å². The molecule has 0 atom stereocenters. The van der Waals surface area contributed by atoms with Crippen LogP contribution < -0.4 is 0 Å². The molecular weight excluding hydrogens is 132 g/mol. The van der Waals surface area contributed by atoms with Gasteiger partial charge >= 0.3 is 0 Å². The zero-order valence-corrected chi connectivity index (χ0v) is 7.34. The summed E-state index contributed by atoms with van der Waals surface area (Å²) < 4.78 is 0. The lowest BCUT2D eigenvalue weighted by atomic mass is 10.0. The van der Waals surface area contributed by atoms with Crippen molar-refractivity contribution in [3.05, 3.63) is 30.2 Å². The second-order valence-electron chi connectivity index (χ2n) is 3.07. The number of unbranched alkanes of at least 4 members (excludes halogenated alkanes) is 2. The monoisotopic (exact) mass is 149 g/mol. The fraction of sp³-hybridized carbons (Fsp3) is 0.545. The van der Waals surface area contributed by atoms with Gasteiger partial charge in [-0.15, -0.1) is 0 Å². The Labute approximate surface area is 70.0 Å². The van der Waals surface area contributed by atoms with Gasteiger partial charge in [-0.25, -0.2) is 0 Å². The topological polar surface area (TPSA) is 0 Å². The Morgan fingerprint density at radius 3 is 2.91 bits per heavy atom. The summed E-state index contributed by atoms with van der Waals surface area (Å²) in [4.78, 5) is 0. The highest BCUT2D eigenvalue weighted by molar-refractivity contribution is 5.26. The van der Waals surface area contributed by atoms with Crippen molar-refractivity contribution in [1.29, 1.82) is 0 Å². The third kappa shape index (κ3) is 3.41. The van der Waals surface area contributed by atoms with E-state index in [4.69, 9.17) is 0 Å². The average Bonchev–Trinajstić information content (AvgIpc) is 2.07. The minimum atomic E-state index is 1.14. The summed E-state index contributed by atoms with van der Waals surface area (Å²) in [5.41, 5.74) is 1.53. The SMILES string of the molecule is CCCCCC1=CC[CH]C=C1. The van der Waals surface area contributed by atoms with Gasteiger partial charge in [0.1, 0.15) is 0 Å². The summed E-state index contributed by atoms with van der Waals surface area (Å²) in [6, 6.07) is 0. The Hall–Kier alpha value is -0.520. The zero-order chi connectivity index (χ0) is 7.94. The Balaban J connectivity index is 2.15. The van der Waals surface area contributed by atoms with Gasteiger partial charge in [0.05, 0.1) is 0 Å². The number of allylic oxidation sites excluding steroid dienone is 4. The summed E-state index contributed by atoms with van der Waals surface area (Å²) >= 11 is 0. The van der Waals surface area contributed by atoms with E-state index in [-0.39, 0.29) is 0 Å². The molecule has 1 radical (unpaired) electrons. The van der Waals surface area contributed by atoms with Gasteiger partial charge in [-0.1, -0.05) is 43.6 Å². The molecule has 1 aliphatic rings. The van der Waals surface area contributed by atoms with E-state index in [0.29, 0.717) is 0 Å². The molecular formula is C11H17. The molecule has 0 aliphatic heterocycles. The lowest BCUT2D eigenvalue weighted by Gasteiger charge is -2.05. The first-order valence-electron chi connectivity index (χ1n) is 4.62. The summed E-state index contributed by atoms with van der Waals surface area (Å²) in [6.07, 6.45) is 15.4. The van der Waals surface area contributed by atoms with Crippen LogP contribution >= 0.6 is 0 Å². The van der Waals surface area contributed by atoms with Gasteiger partial charge in [0.15, 0.2) is 0 Å². The van der Waals surface area contributed by atoms with E-state index in [1.54, 1.807) is 0 Å². The van der Waals surface area contributed by atoms with Crippen molar-refractivity contribution < 1.29 is 0 Å². The smallest absolute Gasteiger partial charge is 0.0129 e. The highest BCUT2D eigenvalue weighted by Crippen LogP contribution is 2.15. The van der Waals surface area contributed by atoms with Gasteiger partial charge in [0.25, 0.3) is 0 Å². The van der Waals surface area contributed by atoms with E-state index in [1.807, 2.05) is 0 Å². The maximum Gasteiger partial charge on any atom is -0.0129 e. The number of hydrogen-bond acceptors (Lipinski definition) is 0. The van der Waals surface area contributed by atoms with Gasteiger partial charge in [0.2, 0.25) is 0 Å². The molecule has 0 saturated heterocycles. The molecule has 0 aromatic heterocycles. The van der Waals surface area contributed by atoms with E-state index in [9.17, 15) is 0 Å². The Morgan fingerprint density at radius 1 is 1.36 bits per heavy atom. The molecule has 1 rings (SSSR count). The summed E-state index contributed by atoms with van der Waals surface area (Å²) in [6.45, 7) is 2.25. The van der Waals surface area contributed by atoms with Crippen molar-refractivity contribution in [1.82, 2.24) is 0 Å². The van der Waals surface area contributed by atoms with Gasteiger partial charge in [0, 0.05) is 0 Å². The Kier molecular flexibility index (Phi) is 4.03. The fourth-order valence-electron chi connectivity index (χ4n) is 1.32. The summed E-state index contributed by atoms with van der Waals surface area (Å²) in [5.74, 6) is 0. The molecule has 0 aromatic carbocycles. The van der Waals surface area contributed by atoms with Crippen LogP contribution in [0, 0.1) is 6.42 Å².